The summed E-state index contributed by atoms with van der Waals surface area (Å²) < 4.78 is 5.31. The largest absolute Gasteiger partial charge is 0.388 e. The highest BCUT2D eigenvalue weighted by Gasteiger charge is 2.29. The van der Waals surface area contributed by atoms with Gasteiger partial charge in [-0.2, -0.15) is 0 Å². The van der Waals surface area contributed by atoms with Crippen molar-refractivity contribution in [1.82, 2.24) is 10.6 Å². The van der Waals surface area contributed by atoms with E-state index < -0.39 is 5.60 Å². The molecule has 2 aliphatic rings. The Balaban J connectivity index is 0.00000264. The van der Waals surface area contributed by atoms with E-state index in [1.54, 1.807) is 5.57 Å². The van der Waals surface area contributed by atoms with Crippen molar-refractivity contribution in [3.8, 4) is 0 Å². The van der Waals surface area contributed by atoms with E-state index in [1.807, 2.05) is 0 Å². The average molecular weight is 437 g/mol. The number of allylic oxidation sites excluding steroid dienone is 1. The second-order valence-electron chi connectivity index (χ2n) is 6.32. The van der Waals surface area contributed by atoms with E-state index in [9.17, 15) is 5.11 Å². The molecule has 0 unspecified atom stereocenters. The van der Waals surface area contributed by atoms with Crippen molar-refractivity contribution in [2.75, 3.05) is 32.8 Å². The molecular formula is C17H32IN3O2. The number of hydrogen-bond donors (Lipinski definition) is 3. The van der Waals surface area contributed by atoms with Crippen LogP contribution in [0, 0.1) is 0 Å². The number of guanidine groups is 1. The first-order valence-electron chi connectivity index (χ1n) is 8.72. The minimum atomic E-state index is -0.702. The van der Waals surface area contributed by atoms with Gasteiger partial charge in [0.1, 0.15) is 0 Å². The van der Waals surface area contributed by atoms with Gasteiger partial charge in [0.2, 0.25) is 0 Å². The Labute approximate surface area is 157 Å². The van der Waals surface area contributed by atoms with E-state index in [-0.39, 0.29) is 24.0 Å². The van der Waals surface area contributed by atoms with Gasteiger partial charge in [0.25, 0.3) is 0 Å². The zero-order chi connectivity index (χ0) is 15.7. The molecule has 1 aliphatic carbocycles. The molecule has 0 aromatic heterocycles. The van der Waals surface area contributed by atoms with Crippen LogP contribution in [0.2, 0.25) is 0 Å². The maximum Gasteiger partial charge on any atom is 0.191 e. The number of nitrogens with zero attached hydrogens (tertiary/aromatic N) is 1. The molecule has 0 amide bonds. The predicted octanol–water partition coefficient (Wildman–Crippen LogP) is 2.59. The summed E-state index contributed by atoms with van der Waals surface area (Å²) in [4.78, 5) is 4.56. The zero-order valence-corrected chi connectivity index (χ0v) is 16.6. The van der Waals surface area contributed by atoms with Gasteiger partial charge in [-0.15, -0.1) is 24.0 Å². The third-order valence-electron chi connectivity index (χ3n) is 4.42. The van der Waals surface area contributed by atoms with Gasteiger partial charge in [0.15, 0.2) is 5.96 Å². The van der Waals surface area contributed by atoms with Crippen LogP contribution in [0.5, 0.6) is 0 Å². The second-order valence-corrected chi connectivity index (χ2v) is 6.32. The molecule has 0 bridgehead atoms. The van der Waals surface area contributed by atoms with Gasteiger partial charge in [-0.3, -0.25) is 4.99 Å². The second kappa shape index (κ2) is 11.3. The van der Waals surface area contributed by atoms with Crippen molar-refractivity contribution in [2.45, 2.75) is 57.5 Å². The summed E-state index contributed by atoms with van der Waals surface area (Å²) in [6.45, 7) is 5.49. The van der Waals surface area contributed by atoms with Crippen molar-refractivity contribution in [1.29, 1.82) is 0 Å². The van der Waals surface area contributed by atoms with Gasteiger partial charge in [0.05, 0.1) is 12.1 Å². The van der Waals surface area contributed by atoms with E-state index in [0.717, 1.165) is 25.5 Å². The van der Waals surface area contributed by atoms with Crippen LogP contribution in [0.3, 0.4) is 0 Å². The number of nitrogens with one attached hydrogen (secondary N) is 2. The van der Waals surface area contributed by atoms with Gasteiger partial charge in [-0.05, 0) is 39.0 Å². The number of aliphatic hydroxyl groups is 1. The topological polar surface area (TPSA) is 65.9 Å². The molecule has 0 aromatic carbocycles. The molecule has 0 aromatic rings. The van der Waals surface area contributed by atoms with Gasteiger partial charge >= 0.3 is 0 Å². The van der Waals surface area contributed by atoms with Crippen LogP contribution in [-0.2, 0) is 4.74 Å². The highest BCUT2D eigenvalue weighted by Crippen LogP contribution is 2.21. The highest BCUT2D eigenvalue weighted by molar-refractivity contribution is 14.0. The maximum atomic E-state index is 10.5. The molecule has 0 atom stereocenters. The Bertz CT molecular complexity index is 393. The standard InChI is InChI=1S/C17H31N3O2.HI/c1-2-18-16(19-11-8-15-6-4-3-5-7-15)20-14-17(21)9-12-22-13-10-17;/h6,21H,2-5,7-14H2,1H3,(H2,18,19,20);1H. The Hall–Kier alpha value is -0.340. The van der Waals surface area contributed by atoms with Crippen molar-refractivity contribution in [3.05, 3.63) is 11.6 Å². The minimum absolute atomic E-state index is 0. The Kier molecular flexibility index (Phi) is 10.1. The lowest BCUT2D eigenvalue weighted by Gasteiger charge is -2.30. The molecule has 1 aliphatic heterocycles. The fraction of sp³-hybridized carbons (Fsp3) is 0.824. The smallest absolute Gasteiger partial charge is 0.191 e. The van der Waals surface area contributed by atoms with Crippen molar-refractivity contribution in [3.63, 3.8) is 0 Å². The van der Waals surface area contributed by atoms with Crippen molar-refractivity contribution >= 4 is 29.9 Å². The number of aliphatic imine (C=N–C) groups is 1. The number of rotatable bonds is 6. The summed E-state index contributed by atoms with van der Waals surface area (Å²) >= 11 is 0. The zero-order valence-electron chi connectivity index (χ0n) is 14.3. The van der Waals surface area contributed by atoms with E-state index in [4.69, 9.17) is 4.74 Å². The van der Waals surface area contributed by atoms with Crippen LogP contribution in [0.15, 0.2) is 16.6 Å². The molecule has 1 heterocycles. The van der Waals surface area contributed by atoms with Gasteiger partial charge < -0.3 is 20.5 Å². The lowest BCUT2D eigenvalue weighted by atomic mass is 9.95. The molecule has 2 rings (SSSR count). The molecule has 23 heavy (non-hydrogen) atoms. The molecule has 0 radical (unpaired) electrons. The Morgan fingerprint density at radius 2 is 2.09 bits per heavy atom. The molecule has 0 saturated carbocycles. The van der Waals surface area contributed by atoms with Crippen LogP contribution < -0.4 is 10.6 Å². The molecular weight excluding hydrogens is 405 g/mol. The molecule has 134 valence electrons. The van der Waals surface area contributed by atoms with Crippen molar-refractivity contribution < 1.29 is 9.84 Å². The molecule has 3 N–H and O–H groups in total. The van der Waals surface area contributed by atoms with Gasteiger partial charge in [0, 0.05) is 39.1 Å². The third kappa shape index (κ3) is 7.85. The van der Waals surface area contributed by atoms with Crippen LogP contribution in [0.25, 0.3) is 0 Å². The first-order valence-corrected chi connectivity index (χ1v) is 8.72. The molecule has 1 saturated heterocycles. The highest BCUT2D eigenvalue weighted by atomic mass is 127. The Morgan fingerprint density at radius 1 is 1.30 bits per heavy atom. The predicted molar refractivity (Wildman–Crippen MR) is 106 cm³/mol. The van der Waals surface area contributed by atoms with Crippen LogP contribution in [0.1, 0.15) is 51.9 Å². The number of ether oxygens (including phenoxy) is 1. The molecule has 6 heteroatoms. The SMILES string of the molecule is CCNC(=NCC1(O)CCOCC1)NCCC1=CCCCC1.I. The fourth-order valence-corrected chi connectivity index (χ4v) is 2.95. The summed E-state index contributed by atoms with van der Waals surface area (Å²) in [5.41, 5.74) is 0.865. The van der Waals surface area contributed by atoms with Gasteiger partial charge in [-0.25, -0.2) is 0 Å². The average Bonchev–Trinajstić information content (AvgIpc) is 2.54. The third-order valence-corrected chi connectivity index (χ3v) is 4.42. The van der Waals surface area contributed by atoms with Crippen molar-refractivity contribution in [2.24, 2.45) is 4.99 Å². The first-order chi connectivity index (χ1) is 10.7. The normalized spacial score (nSPS) is 21.1. The summed E-state index contributed by atoms with van der Waals surface area (Å²) in [7, 11) is 0. The minimum Gasteiger partial charge on any atom is -0.388 e. The summed E-state index contributed by atoms with van der Waals surface area (Å²) in [5, 5.41) is 17.1. The van der Waals surface area contributed by atoms with E-state index in [0.29, 0.717) is 32.6 Å². The van der Waals surface area contributed by atoms with E-state index in [2.05, 4.69) is 28.6 Å². The number of halogens is 1. The van der Waals surface area contributed by atoms with E-state index >= 15 is 0 Å². The summed E-state index contributed by atoms with van der Waals surface area (Å²) in [6, 6.07) is 0. The molecule has 0 spiro atoms. The van der Waals surface area contributed by atoms with Crippen LogP contribution >= 0.6 is 24.0 Å². The molecule has 1 fully saturated rings. The first kappa shape index (κ1) is 20.7. The van der Waals surface area contributed by atoms with Crippen LogP contribution in [0.4, 0.5) is 0 Å². The quantitative estimate of drug-likeness (QED) is 0.259. The van der Waals surface area contributed by atoms with Crippen LogP contribution in [-0.4, -0.2) is 49.5 Å². The lowest BCUT2D eigenvalue weighted by molar-refractivity contribution is -0.0565. The Morgan fingerprint density at radius 3 is 2.74 bits per heavy atom. The number of hydrogen-bond acceptors (Lipinski definition) is 3. The van der Waals surface area contributed by atoms with Gasteiger partial charge in [-0.1, -0.05) is 11.6 Å². The summed E-state index contributed by atoms with van der Waals surface area (Å²) in [6.07, 6.45) is 9.96. The summed E-state index contributed by atoms with van der Waals surface area (Å²) in [5.74, 6) is 0.804. The maximum absolute atomic E-state index is 10.5. The molecule has 5 nitrogen and oxygen atoms in total. The monoisotopic (exact) mass is 437 g/mol. The van der Waals surface area contributed by atoms with E-state index in [1.165, 1.54) is 25.7 Å². The fourth-order valence-electron chi connectivity index (χ4n) is 2.95. The lowest BCUT2D eigenvalue weighted by Crippen LogP contribution is -2.42.